The zero-order chi connectivity index (χ0) is 19.0. The lowest BCUT2D eigenvalue weighted by Gasteiger charge is -2.42. The van der Waals surface area contributed by atoms with E-state index in [-0.39, 0.29) is 35.6 Å². The second-order valence-electron chi connectivity index (χ2n) is 7.59. The van der Waals surface area contributed by atoms with E-state index in [1.807, 2.05) is 52.7 Å². The number of aromatic nitrogens is 3. The van der Waals surface area contributed by atoms with Crippen LogP contribution < -0.4 is 5.73 Å². The number of halogens is 1. The highest BCUT2D eigenvalue weighted by atomic mass is 35.5. The molecule has 8 heteroatoms. The van der Waals surface area contributed by atoms with Gasteiger partial charge in [-0.05, 0) is 35.4 Å². The van der Waals surface area contributed by atoms with Gasteiger partial charge in [0.05, 0.1) is 10.6 Å². The molecular formula is C20H24ClN5OS. The average molecular weight is 418 g/mol. The number of amides is 1. The molecule has 1 fully saturated rings. The summed E-state index contributed by atoms with van der Waals surface area (Å²) in [5, 5.41) is 6.56. The van der Waals surface area contributed by atoms with Crippen molar-refractivity contribution < 1.29 is 4.79 Å². The number of thiophene rings is 1. The van der Waals surface area contributed by atoms with Crippen LogP contribution in [0.1, 0.15) is 30.9 Å². The van der Waals surface area contributed by atoms with E-state index >= 15 is 0 Å². The van der Waals surface area contributed by atoms with Crippen molar-refractivity contribution >= 4 is 29.7 Å². The summed E-state index contributed by atoms with van der Waals surface area (Å²) in [4.78, 5) is 20.5. The third-order valence-electron chi connectivity index (χ3n) is 5.14. The highest BCUT2D eigenvalue weighted by Crippen LogP contribution is 2.29. The molecule has 0 saturated carbocycles. The molecule has 1 atom stereocenters. The van der Waals surface area contributed by atoms with Gasteiger partial charge in [-0.25, -0.2) is 9.67 Å². The van der Waals surface area contributed by atoms with Crippen LogP contribution in [0.3, 0.4) is 0 Å². The maximum Gasteiger partial charge on any atom is 0.293 e. The molecule has 0 bridgehead atoms. The molecule has 28 heavy (non-hydrogen) atoms. The van der Waals surface area contributed by atoms with Gasteiger partial charge in [0.2, 0.25) is 5.82 Å². The molecule has 1 amide bonds. The first-order chi connectivity index (χ1) is 13.0. The van der Waals surface area contributed by atoms with Crippen LogP contribution in [0.5, 0.6) is 0 Å². The number of hydrogen-bond donors (Lipinski definition) is 1. The molecule has 2 aromatic heterocycles. The van der Waals surface area contributed by atoms with Crippen LogP contribution in [0.25, 0.3) is 16.4 Å². The third-order valence-corrected chi connectivity index (χ3v) is 6.01. The first-order valence-electron chi connectivity index (χ1n) is 9.07. The zero-order valence-electron chi connectivity index (χ0n) is 15.9. The summed E-state index contributed by atoms with van der Waals surface area (Å²) < 4.78 is 1.75. The summed E-state index contributed by atoms with van der Waals surface area (Å²) in [6.45, 7) is 5.45. The van der Waals surface area contributed by atoms with Gasteiger partial charge >= 0.3 is 0 Å². The molecular weight excluding hydrogens is 394 g/mol. The van der Waals surface area contributed by atoms with Gasteiger partial charge in [0.15, 0.2) is 5.82 Å². The van der Waals surface area contributed by atoms with E-state index in [9.17, 15) is 4.79 Å². The van der Waals surface area contributed by atoms with Crippen LogP contribution in [0.15, 0.2) is 47.8 Å². The summed E-state index contributed by atoms with van der Waals surface area (Å²) in [5.41, 5.74) is 6.97. The van der Waals surface area contributed by atoms with Crippen LogP contribution in [0, 0.1) is 5.41 Å². The predicted octanol–water partition coefficient (Wildman–Crippen LogP) is 3.62. The van der Waals surface area contributed by atoms with Crippen LogP contribution in [0.2, 0.25) is 0 Å². The van der Waals surface area contributed by atoms with E-state index < -0.39 is 0 Å². The van der Waals surface area contributed by atoms with E-state index in [1.54, 1.807) is 16.0 Å². The minimum atomic E-state index is -0.137. The van der Waals surface area contributed by atoms with Crippen molar-refractivity contribution in [3.8, 4) is 16.4 Å². The van der Waals surface area contributed by atoms with Gasteiger partial charge in [-0.1, -0.05) is 38.1 Å². The van der Waals surface area contributed by atoms with E-state index in [4.69, 9.17) is 5.73 Å². The van der Waals surface area contributed by atoms with Gasteiger partial charge in [0.25, 0.3) is 5.91 Å². The molecule has 0 spiro atoms. The second kappa shape index (κ2) is 8.03. The van der Waals surface area contributed by atoms with E-state index in [0.29, 0.717) is 18.9 Å². The number of rotatable bonds is 3. The van der Waals surface area contributed by atoms with Crippen molar-refractivity contribution in [2.75, 3.05) is 13.1 Å². The highest BCUT2D eigenvalue weighted by molar-refractivity contribution is 7.13. The van der Waals surface area contributed by atoms with E-state index in [1.165, 1.54) is 0 Å². The molecule has 0 radical (unpaired) electrons. The quantitative estimate of drug-likeness (QED) is 0.706. The molecule has 148 valence electrons. The summed E-state index contributed by atoms with van der Waals surface area (Å²) in [6.07, 6.45) is 0.788. The Labute approximate surface area is 174 Å². The molecule has 6 nitrogen and oxygen atoms in total. The number of likely N-dealkylation sites (tertiary alicyclic amines) is 1. The summed E-state index contributed by atoms with van der Waals surface area (Å²) in [6, 6.07) is 13.8. The van der Waals surface area contributed by atoms with E-state index in [0.717, 1.165) is 17.0 Å². The van der Waals surface area contributed by atoms with Crippen LogP contribution in [0.4, 0.5) is 0 Å². The standard InChI is InChI=1S/C20H23N5OS.ClH/c1-20(2)13-24(11-10-16(20)21)19(26)17-22-18(15-9-6-12-27-15)25(23-17)14-7-4-3-5-8-14;/h3-9,12,16H,10-11,13,21H2,1-2H3;1H. The van der Waals surface area contributed by atoms with Crippen molar-refractivity contribution in [1.29, 1.82) is 0 Å². The Hall–Kier alpha value is -2.22. The van der Waals surface area contributed by atoms with Gasteiger partial charge in [0, 0.05) is 19.1 Å². The minimum Gasteiger partial charge on any atom is -0.335 e. The Morgan fingerprint density at radius 1 is 1.21 bits per heavy atom. The number of piperidine rings is 1. The minimum absolute atomic E-state index is 0. The van der Waals surface area contributed by atoms with Gasteiger partial charge in [-0.2, -0.15) is 0 Å². The van der Waals surface area contributed by atoms with Gasteiger partial charge < -0.3 is 10.6 Å². The highest BCUT2D eigenvalue weighted by Gasteiger charge is 2.36. The summed E-state index contributed by atoms with van der Waals surface area (Å²) in [5.74, 6) is 0.781. The Kier molecular flexibility index (Phi) is 5.88. The lowest BCUT2D eigenvalue weighted by atomic mass is 9.79. The lowest BCUT2D eigenvalue weighted by Crippen LogP contribution is -2.54. The third kappa shape index (κ3) is 3.83. The number of hydrogen-bond acceptors (Lipinski definition) is 5. The Bertz CT molecular complexity index is 939. The van der Waals surface area contributed by atoms with Crippen LogP contribution in [-0.2, 0) is 0 Å². The molecule has 4 rings (SSSR count). The fourth-order valence-electron chi connectivity index (χ4n) is 3.41. The molecule has 3 heterocycles. The smallest absolute Gasteiger partial charge is 0.293 e. The maximum atomic E-state index is 13.1. The van der Waals surface area contributed by atoms with E-state index in [2.05, 4.69) is 23.9 Å². The molecule has 2 N–H and O–H groups in total. The average Bonchev–Trinajstić information content (AvgIpc) is 3.33. The lowest BCUT2D eigenvalue weighted by molar-refractivity contribution is 0.0521. The number of nitrogens with zero attached hydrogens (tertiary/aromatic N) is 4. The molecule has 1 unspecified atom stereocenters. The molecule has 3 aromatic rings. The Morgan fingerprint density at radius 3 is 2.61 bits per heavy atom. The topological polar surface area (TPSA) is 77.0 Å². The molecule has 1 aliphatic heterocycles. The van der Waals surface area contributed by atoms with Gasteiger partial charge in [0.1, 0.15) is 0 Å². The number of benzene rings is 1. The van der Waals surface area contributed by atoms with Crippen molar-refractivity contribution in [3.05, 3.63) is 53.7 Å². The SMILES string of the molecule is CC1(C)CN(C(=O)c2nc(-c3cccs3)n(-c3ccccc3)n2)CCC1N.Cl. The maximum absolute atomic E-state index is 13.1. The Morgan fingerprint density at radius 2 is 1.96 bits per heavy atom. The van der Waals surface area contributed by atoms with Crippen LogP contribution >= 0.6 is 23.7 Å². The molecule has 1 aromatic carbocycles. The number of nitrogens with two attached hydrogens (primary N) is 1. The normalized spacial score (nSPS) is 18.5. The number of carbonyl (C=O) groups excluding carboxylic acids is 1. The van der Waals surface area contributed by atoms with Crippen molar-refractivity contribution in [3.63, 3.8) is 0 Å². The monoisotopic (exact) mass is 417 g/mol. The zero-order valence-corrected chi connectivity index (χ0v) is 17.5. The Balaban J connectivity index is 0.00000225. The fourth-order valence-corrected chi connectivity index (χ4v) is 4.10. The van der Waals surface area contributed by atoms with Crippen molar-refractivity contribution in [2.24, 2.45) is 11.1 Å². The van der Waals surface area contributed by atoms with Gasteiger partial charge in [-0.15, -0.1) is 28.8 Å². The molecule has 1 aliphatic rings. The molecule has 0 aliphatic carbocycles. The molecule has 1 saturated heterocycles. The number of para-hydroxylation sites is 1. The summed E-state index contributed by atoms with van der Waals surface area (Å²) >= 11 is 1.58. The van der Waals surface area contributed by atoms with Crippen molar-refractivity contribution in [1.82, 2.24) is 19.7 Å². The van der Waals surface area contributed by atoms with Crippen LogP contribution in [-0.4, -0.2) is 44.7 Å². The van der Waals surface area contributed by atoms with Crippen molar-refractivity contribution in [2.45, 2.75) is 26.3 Å². The first kappa shape index (κ1) is 20.5. The van der Waals surface area contributed by atoms with Gasteiger partial charge in [-0.3, -0.25) is 4.79 Å². The summed E-state index contributed by atoms with van der Waals surface area (Å²) in [7, 11) is 0. The fraction of sp³-hybridized carbons (Fsp3) is 0.350. The second-order valence-corrected chi connectivity index (χ2v) is 8.54. The first-order valence-corrected chi connectivity index (χ1v) is 9.95. The predicted molar refractivity (Wildman–Crippen MR) is 114 cm³/mol. The number of carbonyl (C=O) groups is 1. The largest absolute Gasteiger partial charge is 0.335 e.